The van der Waals surface area contributed by atoms with E-state index >= 15 is 0 Å². The van der Waals surface area contributed by atoms with Crippen molar-refractivity contribution in [3.05, 3.63) is 59.7 Å². The van der Waals surface area contributed by atoms with Gasteiger partial charge in [-0.25, -0.2) is 4.98 Å². The molecule has 204 valence electrons. The van der Waals surface area contributed by atoms with Gasteiger partial charge in [0, 0.05) is 57.6 Å². The van der Waals surface area contributed by atoms with Gasteiger partial charge in [0.2, 0.25) is 5.76 Å². The number of pyridine rings is 1. The van der Waals surface area contributed by atoms with Crippen molar-refractivity contribution >= 4 is 29.2 Å². The number of carbonyl (C=O) groups is 2. The second-order valence-corrected chi connectivity index (χ2v) is 9.60. The number of morpholine rings is 1. The highest BCUT2D eigenvalue weighted by atomic mass is 16.5. The van der Waals surface area contributed by atoms with Crippen molar-refractivity contribution in [3.8, 4) is 5.75 Å². The van der Waals surface area contributed by atoms with Crippen LogP contribution in [-0.2, 0) is 11.3 Å². The number of nitrogens with zero attached hydrogens (tertiary/aromatic N) is 5. The minimum Gasteiger partial charge on any atom is -0.492 e. The fraction of sp³-hybridized carbons (Fsp3) is 0.407. The standard InChI is InChI=1S/C27H31N7O5/c35-25(31-22-16-29-4-3-23(22)33-7-5-28-6-8-33)24-17-30-27(39-24)34-18-19-15-20(1-2-21(19)26(34)36)38-14-11-32-9-12-37-13-10-32/h1-4,15-17,28H,5-14,18H2,(H,31,35). The third-order valence-corrected chi connectivity index (χ3v) is 7.11. The Hall–Kier alpha value is -4.00. The van der Waals surface area contributed by atoms with Crippen molar-refractivity contribution in [1.29, 1.82) is 0 Å². The third-order valence-electron chi connectivity index (χ3n) is 7.11. The van der Waals surface area contributed by atoms with Crippen molar-refractivity contribution in [2.45, 2.75) is 6.54 Å². The zero-order chi connectivity index (χ0) is 26.6. The van der Waals surface area contributed by atoms with Gasteiger partial charge in [-0.2, -0.15) is 0 Å². The molecule has 0 saturated carbocycles. The van der Waals surface area contributed by atoms with E-state index in [-0.39, 0.29) is 24.2 Å². The molecule has 39 heavy (non-hydrogen) atoms. The molecule has 0 bridgehead atoms. The lowest BCUT2D eigenvalue weighted by atomic mass is 10.1. The van der Waals surface area contributed by atoms with Crippen molar-refractivity contribution in [2.75, 3.05) is 80.8 Å². The molecule has 2 saturated heterocycles. The van der Waals surface area contributed by atoms with Gasteiger partial charge < -0.3 is 29.4 Å². The van der Waals surface area contributed by atoms with Crippen molar-refractivity contribution in [1.82, 2.24) is 20.2 Å². The van der Waals surface area contributed by atoms with E-state index in [1.54, 1.807) is 24.5 Å². The maximum absolute atomic E-state index is 13.1. The number of carbonyl (C=O) groups excluding carboxylic acids is 2. The first-order valence-electron chi connectivity index (χ1n) is 13.2. The lowest BCUT2D eigenvalue weighted by Gasteiger charge is -2.30. The summed E-state index contributed by atoms with van der Waals surface area (Å²) in [6, 6.07) is 7.40. The number of aromatic nitrogens is 2. The summed E-state index contributed by atoms with van der Waals surface area (Å²) in [5.74, 6) is 0.0297. The van der Waals surface area contributed by atoms with Gasteiger partial charge in [0.25, 0.3) is 11.8 Å². The minimum absolute atomic E-state index is 0.0102. The molecule has 12 nitrogen and oxygen atoms in total. The number of nitrogens with one attached hydrogen (secondary N) is 2. The lowest BCUT2D eigenvalue weighted by molar-refractivity contribution is 0.0322. The second-order valence-electron chi connectivity index (χ2n) is 9.60. The van der Waals surface area contributed by atoms with Crippen LogP contribution in [0, 0.1) is 0 Å². The molecule has 3 aromatic rings. The van der Waals surface area contributed by atoms with Crippen LogP contribution in [0.5, 0.6) is 5.75 Å². The first kappa shape index (κ1) is 25.3. The summed E-state index contributed by atoms with van der Waals surface area (Å²) >= 11 is 0. The van der Waals surface area contributed by atoms with Crippen LogP contribution in [0.3, 0.4) is 0 Å². The van der Waals surface area contributed by atoms with Crippen LogP contribution in [-0.4, -0.2) is 92.3 Å². The number of piperazine rings is 1. The van der Waals surface area contributed by atoms with Crippen LogP contribution >= 0.6 is 0 Å². The van der Waals surface area contributed by atoms with Crippen molar-refractivity contribution in [3.63, 3.8) is 0 Å². The Labute approximate surface area is 225 Å². The van der Waals surface area contributed by atoms with E-state index in [9.17, 15) is 9.59 Å². The van der Waals surface area contributed by atoms with E-state index in [4.69, 9.17) is 13.9 Å². The second kappa shape index (κ2) is 11.4. The number of anilines is 3. The average molecular weight is 534 g/mol. The van der Waals surface area contributed by atoms with E-state index in [0.29, 0.717) is 23.6 Å². The van der Waals surface area contributed by atoms with E-state index in [1.165, 1.54) is 11.1 Å². The Morgan fingerprint density at radius 2 is 1.95 bits per heavy atom. The number of hydrogen-bond acceptors (Lipinski definition) is 10. The Balaban J connectivity index is 1.09. The number of benzene rings is 1. The summed E-state index contributed by atoms with van der Waals surface area (Å²) in [7, 11) is 0. The third kappa shape index (κ3) is 5.58. The smallest absolute Gasteiger partial charge is 0.305 e. The predicted molar refractivity (Wildman–Crippen MR) is 143 cm³/mol. The monoisotopic (exact) mass is 533 g/mol. The lowest BCUT2D eigenvalue weighted by Crippen LogP contribution is -2.43. The summed E-state index contributed by atoms with van der Waals surface area (Å²) in [5, 5.41) is 6.20. The predicted octanol–water partition coefficient (Wildman–Crippen LogP) is 1.60. The van der Waals surface area contributed by atoms with Gasteiger partial charge in [0.15, 0.2) is 0 Å². The van der Waals surface area contributed by atoms with Crippen molar-refractivity contribution < 1.29 is 23.5 Å². The molecule has 0 radical (unpaired) electrons. The number of fused-ring (bicyclic) bond motifs is 1. The van der Waals surface area contributed by atoms with Crippen LogP contribution in [0.4, 0.5) is 17.4 Å². The zero-order valence-electron chi connectivity index (χ0n) is 21.6. The van der Waals surface area contributed by atoms with Gasteiger partial charge in [-0.05, 0) is 29.8 Å². The number of amides is 2. The molecule has 2 amide bonds. The molecule has 0 spiro atoms. The molecule has 6 rings (SSSR count). The zero-order valence-corrected chi connectivity index (χ0v) is 21.6. The van der Waals surface area contributed by atoms with Crippen LogP contribution in [0.15, 0.2) is 47.3 Å². The Kier molecular flexibility index (Phi) is 7.39. The summed E-state index contributed by atoms with van der Waals surface area (Å²) in [6.45, 7) is 8.39. The Morgan fingerprint density at radius 1 is 1.10 bits per heavy atom. The van der Waals surface area contributed by atoms with Crippen LogP contribution < -0.4 is 25.2 Å². The van der Waals surface area contributed by atoms with E-state index in [2.05, 4.69) is 30.4 Å². The molecule has 2 fully saturated rings. The van der Waals surface area contributed by atoms with Crippen LogP contribution in [0.25, 0.3) is 0 Å². The molecule has 12 heteroatoms. The van der Waals surface area contributed by atoms with Crippen molar-refractivity contribution in [2.24, 2.45) is 0 Å². The molecule has 0 aliphatic carbocycles. The molecule has 1 aromatic carbocycles. The summed E-state index contributed by atoms with van der Waals surface area (Å²) < 4.78 is 17.1. The molecule has 3 aliphatic heterocycles. The molecule has 5 heterocycles. The largest absolute Gasteiger partial charge is 0.492 e. The van der Waals surface area contributed by atoms with Gasteiger partial charge in [-0.15, -0.1) is 0 Å². The fourth-order valence-electron chi connectivity index (χ4n) is 5.00. The number of oxazole rings is 1. The number of rotatable bonds is 8. The van der Waals surface area contributed by atoms with E-state index < -0.39 is 5.91 Å². The quantitative estimate of drug-likeness (QED) is 0.441. The maximum atomic E-state index is 13.1. The number of hydrogen-bond donors (Lipinski definition) is 2. The SMILES string of the molecule is O=C(Nc1cnccc1N1CCNCC1)c1cnc(N2Cc3cc(OCCN4CCOCC4)ccc3C2=O)o1. The van der Waals surface area contributed by atoms with Gasteiger partial charge in [-0.1, -0.05) is 0 Å². The fourth-order valence-corrected chi connectivity index (χ4v) is 5.00. The Bertz CT molecular complexity index is 1330. The van der Waals surface area contributed by atoms with E-state index in [0.717, 1.165) is 70.3 Å². The first-order chi connectivity index (χ1) is 19.2. The summed E-state index contributed by atoms with van der Waals surface area (Å²) in [5.41, 5.74) is 2.88. The van der Waals surface area contributed by atoms with E-state index in [1.807, 2.05) is 12.1 Å². The molecular formula is C27H31N7O5. The average Bonchev–Trinajstić information content (AvgIpc) is 3.59. The first-order valence-corrected chi connectivity index (χ1v) is 13.2. The molecule has 3 aliphatic rings. The molecular weight excluding hydrogens is 502 g/mol. The molecule has 0 atom stereocenters. The van der Waals surface area contributed by atoms with Gasteiger partial charge in [0.1, 0.15) is 12.4 Å². The Morgan fingerprint density at radius 3 is 2.79 bits per heavy atom. The van der Waals surface area contributed by atoms with Gasteiger partial charge >= 0.3 is 6.01 Å². The summed E-state index contributed by atoms with van der Waals surface area (Å²) in [4.78, 5) is 40.4. The van der Waals surface area contributed by atoms with Gasteiger partial charge in [0.05, 0.1) is 43.5 Å². The number of ether oxygens (including phenoxy) is 2. The van der Waals surface area contributed by atoms with Gasteiger partial charge in [-0.3, -0.25) is 24.4 Å². The topological polar surface area (TPSA) is 125 Å². The van der Waals surface area contributed by atoms with Crippen LogP contribution in [0.2, 0.25) is 0 Å². The molecule has 0 unspecified atom stereocenters. The minimum atomic E-state index is -0.460. The molecule has 2 N–H and O–H groups in total. The normalized spacial score (nSPS) is 17.8. The maximum Gasteiger partial charge on any atom is 0.305 e. The highest BCUT2D eigenvalue weighted by Gasteiger charge is 2.32. The summed E-state index contributed by atoms with van der Waals surface area (Å²) in [6.07, 6.45) is 4.66. The highest BCUT2D eigenvalue weighted by molar-refractivity contribution is 6.09. The highest BCUT2D eigenvalue weighted by Crippen LogP contribution is 2.31. The molecule has 2 aromatic heterocycles. The van der Waals surface area contributed by atoms with Crippen LogP contribution in [0.1, 0.15) is 26.5 Å².